The number of aryl methyl sites for hydroxylation is 1. The number of amides is 2. The van der Waals surface area contributed by atoms with Crippen molar-refractivity contribution in [1.29, 1.82) is 0 Å². The highest BCUT2D eigenvalue weighted by atomic mass is 35.5. The van der Waals surface area contributed by atoms with Crippen LogP contribution in [0.3, 0.4) is 0 Å². The minimum atomic E-state index is -0.761. The van der Waals surface area contributed by atoms with Gasteiger partial charge >= 0.3 is 5.97 Å². The van der Waals surface area contributed by atoms with E-state index >= 15 is 0 Å². The number of halogens is 2. The predicted octanol–water partition coefficient (Wildman–Crippen LogP) is 4.48. The Morgan fingerprint density at radius 2 is 1.84 bits per heavy atom. The van der Waals surface area contributed by atoms with E-state index in [-0.39, 0.29) is 54.8 Å². The zero-order valence-electron chi connectivity index (χ0n) is 20.9. The standard InChI is InChI=1S/C28H32ClFN2O5/c1-2-20-13-19(4-6-25(20)37-12-11-32-26(33)7-8-27(32)34)17-31(22-15-21(16-22)28(35)36)10-9-18-3-5-23(29)24(30)14-18/h3-6,13-14,21-22H,2,7-12,15-17H2,1H3,(H,35,36). The predicted molar refractivity (Wildman–Crippen MR) is 137 cm³/mol. The van der Waals surface area contributed by atoms with Gasteiger partial charge < -0.3 is 9.84 Å². The molecule has 2 aromatic rings. The maximum absolute atomic E-state index is 13.9. The van der Waals surface area contributed by atoms with Crippen molar-refractivity contribution in [2.45, 2.75) is 58.0 Å². The first kappa shape index (κ1) is 27.1. The zero-order chi connectivity index (χ0) is 26.5. The summed E-state index contributed by atoms with van der Waals surface area (Å²) in [6.45, 7) is 3.82. The van der Waals surface area contributed by atoms with E-state index in [1.54, 1.807) is 6.07 Å². The van der Waals surface area contributed by atoms with Crippen LogP contribution in [0, 0.1) is 11.7 Å². The van der Waals surface area contributed by atoms with Crippen LogP contribution >= 0.6 is 11.6 Å². The summed E-state index contributed by atoms with van der Waals surface area (Å²) in [4.78, 5) is 38.5. The molecule has 1 heterocycles. The molecule has 0 unspecified atom stereocenters. The van der Waals surface area contributed by atoms with E-state index in [1.807, 2.05) is 25.1 Å². The Morgan fingerprint density at radius 1 is 1.14 bits per heavy atom. The highest BCUT2D eigenvalue weighted by Gasteiger charge is 2.37. The Labute approximate surface area is 221 Å². The van der Waals surface area contributed by atoms with Gasteiger partial charge in [-0.1, -0.05) is 36.7 Å². The third-order valence-electron chi connectivity index (χ3n) is 7.27. The number of carboxylic acid groups (broad SMARTS) is 1. The number of carbonyl (C=O) groups excluding carboxylic acids is 2. The van der Waals surface area contributed by atoms with E-state index in [1.165, 1.54) is 11.0 Å². The SMILES string of the molecule is CCc1cc(CN(CCc2ccc(Cl)c(F)c2)C2CC(C(=O)O)C2)ccc1OCCN1C(=O)CCC1=O. The molecule has 0 atom stereocenters. The Hall–Kier alpha value is -2.97. The van der Waals surface area contributed by atoms with Crippen molar-refractivity contribution in [3.63, 3.8) is 0 Å². The van der Waals surface area contributed by atoms with Crippen LogP contribution in [0.5, 0.6) is 5.75 Å². The number of carboxylic acids is 1. The van der Waals surface area contributed by atoms with Crippen LogP contribution in [0.25, 0.3) is 0 Å². The van der Waals surface area contributed by atoms with Gasteiger partial charge in [0.1, 0.15) is 18.2 Å². The Kier molecular flexibility index (Phi) is 8.82. The lowest BCUT2D eigenvalue weighted by Crippen LogP contribution is -2.47. The zero-order valence-corrected chi connectivity index (χ0v) is 21.7. The van der Waals surface area contributed by atoms with Crippen molar-refractivity contribution < 1.29 is 28.6 Å². The van der Waals surface area contributed by atoms with Crippen LogP contribution in [0.15, 0.2) is 36.4 Å². The van der Waals surface area contributed by atoms with E-state index in [9.17, 15) is 23.9 Å². The first-order valence-corrected chi connectivity index (χ1v) is 13.1. The number of imide groups is 1. The minimum Gasteiger partial charge on any atom is -0.491 e. The molecule has 198 valence electrons. The molecule has 2 fully saturated rings. The van der Waals surface area contributed by atoms with E-state index in [2.05, 4.69) is 11.0 Å². The minimum absolute atomic E-state index is 0.0944. The van der Waals surface area contributed by atoms with Gasteiger partial charge in [-0.25, -0.2) is 4.39 Å². The van der Waals surface area contributed by atoms with Crippen LogP contribution in [0.2, 0.25) is 5.02 Å². The number of rotatable bonds is 12. The number of ether oxygens (including phenoxy) is 1. The Balaban J connectivity index is 1.40. The molecule has 1 saturated heterocycles. The van der Waals surface area contributed by atoms with Crippen LogP contribution in [-0.2, 0) is 33.8 Å². The molecule has 2 aliphatic rings. The average Bonchev–Trinajstić information content (AvgIpc) is 3.16. The first-order valence-electron chi connectivity index (χ1n) is 12.7. The van der Waals surface area contributed by atoms with Gasteiger partial charge in [-0.3, -0.25) is 24.2 Å². The first-order chi connectivity index (χ1) is 17.7. The summed E-state index contributed by atoms with van der Waals surface area (Å²) in [5.74, 6) is -1.10. The maximum atomic E-state index is 13.9. The molecule has 0 aromatic heterocycles. The van der Waals surface area contributed by atoms with Crippen molar-refractivity contribution in [3.05, 3.63) is 63.9 Å². The molecule has 0 radical (unpaired) electrons. The average molecular weight is 531 g/mol. The van der Waals surface area contributed by atoms with E-state index in [0.717, 1.165) is 28.9 Å². The van der Waals surface area contributed by atoms with Gasteiger partial charge in [-0.05, 0) is 60.6 Å². The summed E-state index contributed by atoms with van der Waals surface area (Å²) < 4.78 is 19.8. The molecule has 1 N–H and O–H groups in total. The summed E-state index contributed by atoms with van der Waals surface area (Å²) in [5, 5.41) is 9.42. The van der Waals surface area contributed by atoms with Crippen LogP contribution in [0.1, 0.15) is 49.3 Å². The van der Waals surface area contributed by atoms with Gasteiger partial charge in [-0.15, -0.1) is 0 Å². The fourth-order valence-corrected chi connectivity index (χ4v) is 5.07. The summed E-state index contributed by atoms with van der Waals surface area (Å²) in [5.41, 5.74) is 2.94. The van der Waals surface area contributed by atoms with Crippen molar-refractivity contribution >= 4 is 29.4 Å². The van der Waals surface area contributed by atoms with Crippen molar-refractivity contribution in [2.75, 3.05) is 19.7 Å². The molecule has 1 aliphatic carbocycles. The van der Waals surface area contributed by atoms with Gasteiger partial charge in [0.05, 0.1) is 17.5 Å². The number of hydrogen-bond acceptors (Lipinski definition) is 5. The lowest BCUT2D eigenvalue weighted by molar-refractivity contribution is -0.147. The Morgan fingerprint density at radius 3 is 2.49 bits per heavy atom. The smallest absolute Gasteiger partial charge is 0.306 e. The van der Waals surface area contributed by atoms with E-state index in [4.69, 9.17) is 16.3 Å². The molecule has 0 spiro atoms. The van der Waals surface area contributed by atoms with Gasteiger partial charge in [0.25, 0.3) is 0 Å². The van der Waals surface area contributed by atoms with Gasteiger partial charge in [0.2, 0.25) is 11.8 Å². The van der Waals surface area contributed by atoms with Gasteiger partial charge in [0, 0.05) is 32.0 Å². The monoisotopic (exact) mass is 530 g/mol. The van der Waals surface area contributed by atoms with E-state index in [0.29, 0.717) is 32.4 Å². The highest BCUT2D eigenvalue weighted by Crippen LogP contribution is 2.33. The van der Waals surface area contributed by atoms with Gasteiger partial charge in [-0.2, -0.15) is 0 Å². The highest BCUT2D eigenvalue weighted by molar-refractivity contribution is 6.30. The molecule has 2 amide bonds. The van der Waals surface area contributed by atoms with Gasteiger partial charge in [0.15, 0.2) is 0 Å². The number of likely N-dealkylation sites (tertiary alicyclic amines) is 1. The number of hydrogen-bond donors (Lipinski definition) is 1. The normalized spacial score (nSPS) is 19.4. The second-order valence-corrected chi connectivity index (χ2v) is 10.1. The molecule has 2 aromatic carbocycles. The molecular weight excluding hydrogens is 499 g/mol. The van der Waals surface area contributed by atoms with Crippen LogP contribution in [-0.4, -0.2) is 58.4 Å². The second kappa shape index (κ2) is 12.0. The molecular formula is C28H32ClFN2O5. The number of nitrogens with zero attached hydrogens (tertiary/aromatic N) is 2. The van der Waals surface area contributed by atoms with Crippen molar-refractivity contribution in [1.82, 2.24) is 9.80 Å². The molecule has 0 bridgehead atoms. The molecule has 7 nitrogen and oxygen atoms in total. The molecule has 4 rings (SSSR count). The summed E-state index contributed by atoms with van der Waals surface area (Å²) >= 11 is 5.81. The summed E-state index contributed by atoms with van der Waals surface area (Å²) in [6, 6.07) is 11.0. The number of carbonyl (C=O) groups is 3. The lowest BCUT2D eigenvalue weighted by atomic mass is 9.79. The van der Waals surface area contributed by atoms with Crippen LogP contribution < -0.4 is 4.74 Å². The summed E-state index contributed by atoms with van der Waals surface area (Å²) in [6.07, 6.45) is 3.11. The third kappa shape index (κ3) is 6.67. The molecule has 37 heavy (non-hydrogen) atoms. The number of benzene rings is 2. The van der Waals surface area contributed by atoms with E-state index < -0.39 is 11.8 Å². The van der Waals surface area contributed by atoms with Crippen LogP contribution in [0.4, 0.5) is 4.39 Å². The topological polar surface area (TPSA) is 87.2 Å². The quantitative estimate of drug-likeness (QED) is 0.407. The fourth-order valence-electron chi connectivity index (χ4n) is 4.95. The largest absolute Gasteiger partial charge is 0.491 e. The Bertz CT molecular complexity index is 1150. The number of aliphatic carboxylic acids is 1. The molecule has 1 saturated carbocycles. The lowest BCUT2D eigenvalue weighted by Gasteiger charge is -2.41. The van der Waals surface area contributed by atoms with Crippen molar-refractivity contribution in [3.8, 4) is 5.75 Å². The summed E-state index contributed by atoms with van der Waals surface area (Å²) in [7, 11) is 0. The molecule has 1 aliphatic heterocycles. The second-order valence-electron chi connectivity index (χ2n) is 9.71. The van der Waals surface area contributed by atoms with Crippen molar-refractivity contribution in [2.24, 2.45) is 5.92 Å². The maximum Gasteiger partial charge on any atom is 0.306 e. The fraction of sp³-hybridized carbons (Fsp3) is 0.464. The third-order valence-corrected chi connectivity index (χ3v) is 7.58. The molecule has 9 heteroatoms.